The van der Waals surface area contributed by atoms with E-state index < -0.39 is 5.60 Å². The maximum Gasteiger partial charge on any atom is 0.310 e. The topological polar surface area (TPSA) is 94.8 Å². The van der Waals surface area contributed by atoms with Crippen LogP contribution in [0.3, 0.4) is 0 Å². The highest BCUT2D eigenvalue weighted by molar-refractivity contribution is 5.80. The van der Waals surface area contributed by atoms with Gasteiger partial charge in [0.05, 0.1) is 50.2 Å². The van der Waals surface area contributed by atoms with Crippen LogP contribution in [0.5, 0.6) is 5.75 Å². The molecule has 3 aliphatic rings. The number of anilines is 1. The van der Waals surface area contributed by atoms with Crippen LogP contribution in [0.1, 0.15) is 62.8 Å². The number of carbonyl (C=O) groups excluding carboxylic acids is 1. The number of benzene rings is 2. The largest absolute Gasteiger partial charge is 0.491 e. The normalized spacial score (nSPS) is 16.5. The fourth-order valence-corrected chi connectivity index (χ4v) is 6.25. The van der Waals surface area contributed by atoms with Gasteiger partial charge < -0.3 is 29.0 Å². The van der Waals surface area contributed by atoms with Gasteiger partial charge in [-0.05, 0) is 95.7 Å². The molecule has 1 saturated heterocycles. The van der Waals surface area contributed by atoms with E-state index in [0.29, 0.717) is 26.4 Å². The van der Waals surface area contributed by atoms with Crippen LogP contribution in [0.25, 0.3) is 28.0 Å². The summed E-state index contributed by atoms with van der Waals surface area (Å²) in [6, 6.07) is 14.8. The second-order valence-corrected chi connectivity index (χ2v) is 14.1. The number of nitrogens with zero attached hydrogens (tertiary/aromatic N) is 3. The lowest BCUT2D eigenvalue weighted by Crippen LogP contribution is -2.45. The van der Waals surface area contributed by atoms with Gasteiger partial charge in [-0.15, -0.1) is 0 Å². The molecule has 0 spiro atoms. The molecule has 0 amide bonds. The number of hydrogen-bond acceptors (Lipinski definition) is 8. The van der Waals surface area contributed by atoms with Gasteiger partial charge in [0, 0.05) is 36.0 Å². The zero-order chi connectivity index (χ0) is 34.6. The first kappa shape index (κ1) is 35.4. The van der Waals surface area contributed by atoms with Gasteiger partial charge >= 0.3 is 5.97 Å². The predicted molar refractivity (Wildman–Crippen MR) is 190 cm³/mol. The zero-order valence-corrected chi connectivity index (χ0v) is 29.8. The molecule has 7 rings (SSSR count). The summed E-state index contributed by atoms with van der Waals surface area (Å²) in [6.07, 6.45) is 4.04. The van der Waals surface area contributed by atoms with Crippen molar-refractivity contribution in [1.29, 1.82) is 0 Å². The van der Waals surface area contributed by atoms with E-state index in [4.69, 9.17) is 29.0 Å². The third kappa shape index (κ3) is 8.38. The van der Waals surface area contributed by atoms with Crippen molar-refractivity contribution in [3.05, 3.63) is 70.9 Å². The molecular weight excluding hydrogens is 606 g/mol. The Balaban J connectivity index is 0.000000840. The first-order chi connectivity index (χ1) is 22.8. The summed E-state index contributed by atoms with van der Waals surface area (Å²) >= 11 is 0. The fraction of sp³-hybridized carbons (Fsp3) is 0.487. The molecule has 0 atom stereocenters. The molecule has 0 unspecified atom stereocenters. The van der Waals surface area contributed by atoms with Gasteiger partial charge in [-0.2, -0.15) is 0 Å². The predicted octanol–water partition coefficient (Wildman–Crippen LogP) is 6.87. The Hall–Kier alpha value is -3.92. The summed E-state index contributed by atoms with van der Waals surface area (Å²) < 4.78 is 25.8. The summed E-state index contributed by atoms with van der Waals surface area (Å²) in [7, 11) is 1.45. The minimum Gasteiger partial charge on any atom is -0.491 e. The van der Waals surface area contributed by atoms with Crippen LogP contribution in [0, 0.1) is 20.8 Å². The molecule has 0 aliphatic carbocycles. The van der Waals surface area contributed by atoms with Gasteiger partial charge in [0.15, 0.2) is 0 Å². The first-order valence-corrected chi connectivity index (χ1v) is 16.9. The summed E-state index contributed by atoms with van der Waals surface area (Å²) in [4.78, 5) is 20.2. The number of carbonyl (C=O) groups is 1. The highest BCUT2D eigenvalue weighted by atomic mass is 16.6. The smallest absolute Gasteiger partial charge is 0.310 e. The second kappa shape index (κ2) is 14.7. The average molecular weight is 658 g/mol. The number of aliphatic hydroxyl groups is 1. The molecule has 2 aromatic heterocycles. The Bertz CT molecular complexity index is 1740. The van der Waals surface area contributed by atoms with E-state index in [9.17, 15) is 4.79 Å². The molecule has 48 heavy (non-hydrogen) atoms. The number of piperidine rings is 1. The maximum absolute atomic E-state index is 12.6. The van der Waals surface area contributed by atoms with Crippen LogP contribution in [-0.2, 0) is 25.4 Å². The van der Waals surface area contributed by atoms with E-state index in [0.717, 1.165) is 87.8 Å². The number of ether oxygens (including phenoxy) is 4. The molecule has 3 aliphatic heterocycles. The number of pyridine rings is 1. The lowest BCUT2D eigenvalue weighted by atomic mass is 9.92. The van der Waals surface area contributed by atoms with E-state index in [1.54, 1.807) is 20.8 Å². The van der Waals surface area contributed by atoms with Crippen molar-refractivity contribution in [1.82, 2.24) is 9.38 Å². The number of esters is 1. The fourth-order valence-electron chi connectivity index (χ4n) is 6.25. The summed E-state index contributed by atoms with van der Waals surface area (Å²) in [5.74, 6) is 1.59. The number of rotatable bonds is 2. The third-order valence-corrected chi connectivity index (χ3v) is 8.99. The number of methoxy groups -OCH3 is 1. The van der Waals surface area contributed by atoms with E-state index in [2.05, 4.69) is 85.7 Å². The summed E-state index contributed by atoms with van der Waals surface area (Å²) in [5.41, 5.74) is 8.38. The monoisotopic (exact) mass is 657 g/mol. The average Bonchev–Trinajstić information content (AvgIpc) is 3.48. The van der Waals surface area contributed by atoms with Crippen molar-refractivity contribution < 1.29 is 28.8 Å². The van der Waals surface area contributed by atoms with Crippen molar-refractivity contribution in [2.45, 2.75) is 78.9 Å². The Morgan fingerprint density at radius 2 is 1.67 bits per heavy atom. The molecule has 258 valence electrons. The van der Waals surface area contributed by atoms with Gasteiger partial charge in [0.2, 0.25) is 0 Å². The van der Waals surface area contributed by atoms with Crippen molar-refractivity contribution in [3.63, 3.8) is 0 Å². The van der Waals surface area contributed by atoms with Crippen LogP contribution in [0.4, 0.5) is 5.82 Å². The number of hydrogen-bond donors (Lipinski definition) is 1. The Labute approximate surface area is 284 Å². The minimum absolute atomic E-state index is 0.204. The highest BCUT2D eigenvalue weighted by Gasteiger charge is 2.33. The molecule has 9 nitrogen and oxygen atoms in total. The van der Waals surface area contributed by atoms with Gasteiger partial charge in [-0.3, -0.25) is 9.20 Å². The quantitative estimate of drug-likeness (QED) is 0.184. The van der Waals surface area contributed by atoms with Gasteiger partial charge in [0.1, 0.15) is 23.8 Å². The summed E-state index contributed by atoms with van der Waals surface area (Å²) in [6.45, 7) is 17.3. The SMILES string of the molecule is CC(C)(C)O.COC(=O)Cc1c(C)c(C)c2nc3cn2c1N1CCC(C)(CC1)OCCOCCOc1cc(C)ccc1-c1cccc-3c1. The zero-order valence-electron chi connectivity index (χ0n) is 29.8. The van der Waals surface area contributed by atoms with E-state index in [1.807, 2.05) is 0 Å². The number of fused-ring (bicyclic) bond motifs is 8. The lowest BCUT2D eigenvalue weighted by Gasteiger charge is -2.41. The molecule has 1 fully saturated rings. The molecule has 9 heteroatoms. The third-order valence-electron chi connectivity index (χ3n) is 8.99. The first-order valence-electron chi connectivity index (χ1n) is 16.9. The molecule has 6 bridgehead atoms. The molecule has 0 radical (unpaired) electrons. The molecule has 2 aromatic carbocycles. The van der Waals surface area contributed by atoms with E-state index in [-0.39, 0.29) is 18.0 Å². The van der Waals surface area contributed by atoms with Gasteiger partial charge in [0.25, 0.3) is 0 Å². The number of aromatic nitrogens is 2. The van der Waals surface area contributed by atoms with E-state index in [1.165, 1.54) is 7.11 Å². The van der Waals surface area contributed by atoms with Crippen molar-refractivity contribution in [2.75, 3.05) is 51.5 Å². The van der Waals surface area contributed by atoms with Crippen LogP contribution in [-0.4, -0.2) is 78.3 Å². The Morgan fingerprint density at radius 3 is 2.38 bits per heavy atom. The van der Waals surface area contributed by atoms with Crippen molar-refractivity contribution in [2.24, 2.45) is 0 Å². The number of imidazole rings is 1. The Morgan fingerprint density at radius 1 is 0.979 bits per heavy atom. The summed E-state index contributed by atoms with van der Waals surface area (Å²) in [5, 5.41) is 8.52. The lowest BCUT2D eigenvalue weighted by molar-refractivity contribution is -0.139. The van der Waals surface area contributed by atoms with Gasteiger partial charge in [-0.25, -0.2) is 4.98 Å². The van der Waals surface area contributed by atoms with Crippen LogP contribution >= 0.6 is 0 Å². The van der Waals surface area contributed by atoms with E-state index >= 15 is 0 Å². The van der Waals surface area contributed by atoms with Crippen molar-refractivity contribution in [3.8, 4) is 28.1 Å². The number of aryl methyl sites for hydroxylation is 2. The highest BCUT2D eigenvalue weighted by Crippen LogP contribution is 2.38. The molecule has 1 N–H and O–H groups in total. The Kier molecular flexibility index (Phi) is 10.8. The van der Waals surface area contributed by atoms with Crippen LogP contribution in [0.2, 0.25) is 0 Å². The molecular formula is C39H51N3O6. The van der Waals surface area contributed by atoms with Crippen molar-refractivity contribution >= 4 is 17.4 Å². The molecule has 0 saturated carbocycles. The minimum atomic E-state index is -0.500. The second-order valence-electron chi connectivity index (χ2n) is 14.1. The standard InChI is InChI=1S/C35H41N3O5.C4H10O/c1-23-9-10-28-26-7-6-8-27(20-26)30-22-38-33(36-30)25(3)24(2)29(21-32(39)40-5)34(38)37-13-11-35(4,12-14-37)43-18-16-41-15-17-42-31(28)19-23;1-4(2,3)5/h6-10,19-20,22H,11-18,21H2,1-5H3;5H,1-3H3. The maximum atomic E-state index is 12.6. The van der Waals surface area contributed by atoms with Crippen LogP contribution in [0.15, 0.2) is 48.7 Å². The van der Waals surface area contributed by atoms with Crippen LogP contribution < -0.4 is 9.64 Å². The van der Waals surface area contributed by atoms with Gasteiger partial charge in [-0.1, -0.05) is 30.3 Å². The molecule has 5 heterocycles. The molecule has 4 aromatic rings.